The van der Waals surface area contributed by atoms with E-state index in [1.54, 1.807) is 23.1 Å². The van der Waals surface area contributed by atoms with E-state index in [2.05, 4.69) is 0 Å². The molecule has 2 aliphatic carbocycles. The lowest BCUT2D eigenvalue weighted by Gasteiger charge is -2.25. The molecule has 2 saturated carbocycles. The van der Waals surface area contributed by atoms with E-state index in [1.165, 1.54) is 4.90 Å². The standard InChI is InChI=1S/C29H30N2O5/c1-16-12-22(10-11-23(16)31-27(33)25-19-8-9-20(13-19)26(25)28(31)34)36-29(35)21-14-24(32)30(15-21)17(2)18-6-4-3-5-7-18/h3-7,10-12,17,19-21,25-26H,8-9,13-15H2,1-2H3/t17-,19+,20+,21-,25-,26+/m1/s1. The zero-order chi connectivity index (χ0) is 25.1. The normalized spacial score (nSPS) is 29.7. The molecule has 0 spiro atoms. The van der Waals surface area contributed by atoms with Crippen LogP contribution in [0.25, 0.3) is 0 Å². The third kappa shape index (κ3) is 3.55. The molecule has 4 aliphatic rings. The van der Waals surface area contributed by atoms with Crippen molar-refractivity contribution in [3.8, 4) is 5.75 Å². The number of rotatable bonds is 5. The zero-order valence-electron chi connectivity index (χ0n) is 20.6. The van der Waals surface area contributed by atoms with Crippen LogP contribution in [0.2, 0.25) is 0 Å². The molecule has 2 aromatic rings. The average molecular weight is 487 g/mol. The Hall–Kier alpha value is -3.48. The van der Waals surface area contributed by atoms with E-state index in [-0.39, 0.29) is 42.0 Å². The molecule has 36 heavy (non-hydrogen) atoms. The van der Waals surface area contributed by atoms with Gasteiger partial charge in [-0.25, -0.2) is 4.90 Å². The highest BCUT2D eigenvalue weighted by Gasteiger charge is 2.61. The second-order valence-corrected chi connectivity index (χ2v) is 10.8. The number of amides is 3. The van der Waals surface area contributed by atoms with Gasteiger partial charge >= 0.3 is 5.97 Å². The Morgan fingerprint density at radius 1 is 0.972 bits per heavy atom. The first kappa shape index (κ1) is 23.0. The Bertz CT molecular complexity index is 1230. The summed E-state index contributed by atoms with van der Waals surface area (Å²) in [5.41, 5.74) is 2.29. The number of esters is 1. The van der Waals surface area contributed by atoms with E-state index in [0.29, 0.717) is 35.4 Å². The lowest BCUT2D eigenvalue weighted by atomic mass is 9.81. The molecular weight excluding hydrogens is 456 g/mol. The predicted octanol–water partition coefficient (Wildman–Crippen LogP) is 4.05. The Morgan fingerprint density at radius 3 is 2.28 bits per heavy atom. The topological polar surface area (TPSA) is 84.0 Å². The van der Waals surface area contributed by atoms with Gasteiger partial charge in [-0.1, -0.05) is 30.3 Å². The highest BCUT2D eigenvalue weighted by Crippen LogP contribution is 2.56. The molecule has 6 rings (SSSR count). The van der Waals surface area contributed by atoms with Crippen LogP contribution < -0.4 is 9.64 Å². The quantitative estimate of drug-likeness (QED) is 0.362. The first-order valence-corrected chi connectivity index (χ1v) is 12.9. The van der Waals surface area contributed by atoms with Crippen LogP contribution in [-0.2, 0) is 19.2 Å². The largest absolute Gasteiger partial charge is 0.426 e. The third-order valence-electron chi connectivity index (χ3n) is 8.80. The summed E-state index contributed by atoms with van der Waals surface area (Å²) in [4.78, 5) is 55.0. The SMILES string of the molecule is Cc1cc(OC(=O)[C@@H]2CC(=O)N([C@H](C)c3ccccc3)C2)ccc1N1C(=O)[C@@H]2[C@H]3CC[C@@H](C3)[C@@H]2C1=O. The van der Waals surface area contributed by atoms with Gasteiger partial charge in [0, 0.05) is 13.0 Å². The van der Waals surface area contributed by atoms with Crippen molar-refractivity contribution in [1.29, 1.82) is 0 Å². The fourth-order valence-corrected chi connectivity index (χ4v) is 6.96. The number of likely N-dealkylation sites (tertiary alicyclic amines) is 1. The molecule has 6 atom stereocenters. The van der Waals surface area contributed by atoms with Crippen LogP contribution in [0.15, 0.2) is 48.5 Å². The molecule has 7 nitrogen and oxygen atoms in total. The maximum atomic E-state index is 13.2. The van der Waals surface area contributed by atoms with Gasteiger partial charge in [-0.15, -0.1) is 0 Å². The number of carbonyl (C=O) groups is 4. The van der Waals surface area contributed by atoms with Crippen molar-refractivity contribution in [3.63, 3.8) is 0 Å². The fraction of sp³-hybridized carbons (Fsp3) is 0.448. The number of anilines is 1. The van der Waals surface area contributed by atoms with Gasteiger partial charge in [-0.2, -0.15) is 0 Å². The van der Waals surface area contributed by atoms with Gasteiger partial charge in [0.05, 0.1) is 29.5 Å². The number of hydrogen-bond acceptors (Lipinski definition) is 5. The predicted molar refractivity (Wildman–Crippen MR) is 132 cm³/mol. The summed E-state index contributed by atoms with van der Waals surface area (Å²) in [5.74, 6) is -0.542. The van der Waals surface area contributed by atoms with Crippen LogP contribution in [0.3, 0.4) is 0 Å². The van der Waals surface area contributed by atoms with E-state index in [1.807, 2.05) is 44.2 Å². The van der Waals surface area contributed by atoms with Gasteiger partial charge in [-0.3, -0.25) is 19.2 Å². The van der Waals surface area contributed by atoms with Crippen molar-refractivity contribution in [2.75, 3.05) is 11.4 Å². The monoisotopic (exact) mass is 486 g/mol. The smallest absolute Gasteiger partial charge is 0.316 e. The van der Waals surface area contributed by atoms with Crippen molar-refractivity contribution in [1.82, 2.24) is 4.90 Å². The Kier molecular flexibility index (Phi) is 5.47. The number of aryl methyl sites for hydroxylation is 1. The van der Waals surface area contributed by atoms with Gasteiger partial charge < -0.3 is 9.64 Å². The number of hydrogen-bond donors (Lipinski definition) is 0. The van der Waals surface area contributed by atoms with Gasteiger partial charge in [0.2, 0.25) is 17.7 Å². The van der Waals surface area contributed by atoms with Gasteiger partial charge in [0.25, 0.3) is 0 Å². The summed E-state index contributed by atoms with van der Waals surface area (Å²) >= 11 is 0. The summed E-state index contributed by atoms with van der Waals surface area (Å²) in [6.07, 6.45) is 3.20. The molecule has 2 aliphatic heterocycles. The Morgan fingerprint density at radius 2 is 1.64 bits per heavy atom. The van der Waals surface area contributed by atoms with Gasteiger partial charge in [0.1, 0.15) is 5.75 Å². The molecule has 3 amide bonds. The number of fused-ring (bicyclic) bond motifs is 5. The maximum Gasteiger partial charge on any atom is 0.316 e. The van der Waals surface area contributed by atoms with E-state index < -0.39 is 11.9 Å². The number of carbonyl (C=O) groups excluding carboxylic acids is 4. The van der Waals surface area contributed by atoms with Gasteiger partial charge in [0.15, 0.2) is 0 Å². The molecule has 2 heterocycles. The molecule has 2 aromatic carbocycles. The first-order valence-electron chi connectivity index (χ1n) is 12.9. The van der Waals surface area contributed by atoms with Crippen LogP contribution in [-0.4, -0.2) is 35.1 Å². The van der Waals surface area contributed by atoms with E-state index in [9.17, 15) is 19.2 Å². The van der Waals surface area contributed by atoms with E-state index in [0.717, 1.165) is 24.8 Å². The van der Waals surface area contributed by atoms with Gasteiger partial charge in [-0.05, 0) is 74.3 Å². The summed E-state index contributed by atoms with van der Waals surface area (Å²) in [5, 5.41) is 0. The lowest BCUT2D eigenvalue weighted by Crippen LogP contribution is -2.33. The van der Waals surface area contributed by atoms with Crippen LogP contribution in [0.1, 0.15) is 49.8 Å². The molecule has 7 heteroatoms. The average Bonchev–Trinajstić information content (AvgIpc) is 3.64. The Balaban J connectivity index is 1.14. The van der Waals surface area contributed by atoms with E-state index in [4.69, 9.17) is 4.74 Å². The molecule has 0 N–H and O–H groups in total. The zero-order valence-corrected chi connectivity index (χ0v) is 20.6. The lowest BCUT2D eigenvalue weighted by molar-refractivity contribution is -0.139. The van der Waals surface area contributed by atoms with Crippen LogP contribution in [0.4, 0.5) is 5.69 Å². The number of ether oxygens (including phenoxy) is 1. The van der Waals surface area contributed by atoms with Crippen molar-refractivity contribution in [2.45, 2.75) is 45.6 Å². The van der Waals surface area contributed by atoms with Crippen molar-refractivity contribution in [2.24, 2.45) is 29.6 Å². The second-order valence-electron chi connectivity index (χ2n) is 10.8. The molecular formula is C29H30N2O5. The summed E-state index contributed by atoms with van der Waals surface area (Å²) in [7, 11) is 0. The number of nitrogens with zero attached hydrogens (tertiary/aromatic N) is 2. The first-order chi connectivity index (χ1) is 17.3. The van der Waals surface area contributed by atoms with Crippen LogP contribution in [0, 0.1) is 36.5 Å². The second kappa shape index (κ2) is 8.57. The highest BCUT2D eigenvalue weighted by molar-refractivity contribution is 6.23. The molecule has 2 bridgehead atoms. The maximum absolute atomic E-state index is 13.2. The van der Waals surface area contributed by atoms with Crippen molar-refractivity contribution < 1.29 is 23.9 Å². The van der Waals surface area contributed by atoms with Crippen LogP contribution >= 0.6 is 0 Å². The summed E-state index contributed by atoms with van der Waals surface area (Å²) in [6, 6.07) is 14.6. The molecule has 4 fully saturated rings. The minimum Gasteiger partial charge on any atom is -0.426 e. The molecule has 2 saturated heterocycles. The fourth-order valence-electron chi connectivity index (χ4n) is 6.96. The molecule has 0 unspecified atom stereocenters. The van der Waals surface area contributed by atoms with Crippen molar-refractivity contribution >= 4 is 29.4 Å². The number of imide groups is 1. The minimum absolute atomic E-state index is 0.0644. The van der Waals surface area contributed by atoms with Crippen molar-refractivity contribution in [3.05, 3.63) is 59.7 Å². The molecule has 186 valence electrons. The number of benzene rings is 2. The van der Waals surface area contributed by atoms with E-state index >= 15 is 0 Å². The molecule has 0 aromatic heterocycles. The minimum atomic E-state index is -0.541. The summed E-state index contributed by atoms with van der Waals surface area (Å²) in [6.45, 7) is 4.09. The Labute approximate surface area is 210 Å². The highest BCUT2D eigenvalue weighted by atomic mass is 16.5. The summed E-state index contributed by atoms with van der Waals surface area (Å²) < 4.78 is 5.65. The third-order valence-corrected chi connectivity index (χ3v) is 8.80. The molecule has 0 radical (unpaired) electrons. The van der Waals surface area contributed by atoms with Crippen LogP contribution in [0.5, 0.6) is 5.75 Å².